The molecule has 0 saturated carbocycles. The zero-order valence-corrected chi connectivity index (χ0v) is 13.2. The lowest BCUT2D eigenvalue weighted by molar-refractivity contribution is -0.142. The Morgan fingerprint density at radius 3 is 3.00 bits per heavy atom. The highest BCUT2D eigenvalue weighted by Gasteiger charge is 2.30. The number of hydrogen-bond donors (Lipinski definition) is 2. The maximum absolute atomic E-state index is 12.1. The molecule has 21 heavy (non-hydrogen) atoms. The van der Waals surface area contributed by atoms with Crippen molar-refractivity contribution in [2.75, 3.05) is 29.9 Å². The SMILES string of the molecule is Cc1ccc(Cl)cc1NC(=O)CN1CCSCC1C(=O)O. The van der Waals surface area contributed by atoms with Crippen molar-refractivity contribution in [2.24, 2.45) is 0 Å². The first-order chi connectivity index (χ1) is 9.97. The normalized spacial score (nSPS) is 19.2. The second kappa shape index (κ2) is 7.15. The molecule has 0 aliphatic carbocycles. The van der Waals surface area contributed by atoms with Gasteiger partial charge in [0.05, 0.1) is 6.54 Å². The lowest BCUT2D eigenvalue weighted by Gasteiger charge is -2.31. The van der Waals surface area contributed by atoms with Gasteiger partial charge in [0.15, 0.2) is 0 Å². The van der Waals surface area contributed by atoms with Crippen molar-refractivity contribution < 1.29 is 14.7 Å². The zero-order valence-electron chi connectivity index (χ0n) is 11.6. The average Bonchev–Trinajstić information content (AvgIpc) is 2.43. The molecule has 1 heterocycles. The lowest BCUT2D eigenvalue weighted by atomic mass is 10.2. The summed E-state index contributed by atoms with van der Waals surface area (Å²) >= 11 is 7.51. The van der Waals surface area contributed by atoms with Gasteiger partial charge in [-0.1, -0.05) is 17.7 Å². The summed E-state index contributed by atoms with van der Waals surface area (Å²) < 4.78 is 0. The van der Waals surface area contributed by atoms with Crippen LogP contribution in [0.3, 0.4) is 0 Å². The predicted molar refractivity (Wildman–Crippen MR) is 85.1 cm³/mol. The van der Waals surface area contributed by atoms with Crippen molar-refractivity contribution >= 4 is 40.9 Å². The van der Waals surface area contributed by atoms with Gasteiger partial charge < -0.3 is 10.4 Å². The molecule has 1 unspecified atom stereocenters. The van der Waals surface area contributed by atoms with E-state index in [9.17, 15) is 14.7 Å². The fraction of sp³-hybridized carbons (Fsp3) is 0.429. The summed E-state index contributed by atoms with van der Waals surface area (Å²) in [5.74, 6) is 0.249. The number of carbonyl (C=O) groups is 2. The Morgan fingerprint density at radius 1 is 1.52 bits per heavy atom. The summed E-state index contributed by atoms with van der Waals surface area (Å²) in [5.41, 5.74) is 1.57. The molecular weight excluding hydrogens is 312 g/mol. The van der Waals surface area contributed by atoms with Crippen LogP contribution in [0.25, 0.3) is 0 Å². The lowest BCUT2D eigenvalue weighted by Crippen LogP contribution is -2.50. The van der Waals surface area contributed by atoms with Crippen molar-refractivity contribution in [1.82, 2.24) is 4.90 Å². The van der Waals surface area contributed by atoms with Crippen molar-refractivity contribution in [3.63, 3.8) is 0 Å². The maximum atomic E-state index is 12.1. The number of carbonyl (C=O) groups excluding carboxylic acids is 1. The average molecular weight is 329 g/mol. The summed E-state index contributed by atoms with van der Waals surface area (Å²) in [5, 5.41) is 12.5. The molecule has 114 valence electrons. The number of benzene rings is 1. The Balaban J connectivity index is 2.00. The molecule has 0 radical (unpaired) electrons. The largest absolute Gasteiger partial charge is 0.480 e. The first-order valence-corrected chi connectivity index (χ1v) is 8.11. The number of carboxylic acid groups (broad SMARTS) is 1. The number of halogens is 1. The van der Waals surface area contributed by atoms with Crippen LogP contribution in [-0.2, 0) is 9.59 Å². The van der Waals surface area contributed by atoms with Crippen LogP contribution in [0.5, 0.6) is 0 Å². The van der Waals surface area contributed by atoms with Crippen LogP contribution in [-0.4, -0.2) is 52.5 Å². The minimum absolute atomic E-state index is 0.0729. The van der Waals surface area contributed by atoms with Gasteiger partial charge in [-0.25, -0.2) is 0 Å². The van der Waals surface area contributed by atoms with Crippen molar-refractivity contribution in [2.45, 2.75) is 13.0 Å². The first kappa shape index (κ1) is 16.1. The molecule has 1 fully saturated rings. The number of hydrogen-bond acceptors (Lipinski definition) is 4. The number of amides is 1. The highest BCUT2D eigenvalue weighted by molar-refractivity contribution is 7.99. The molecule has 7 heteroatoms. The third-order valence-corrected chi connectivity index (χ3v) is 4.60. The molecule has 1 saturated heterocycles. The Kier molecular flexibility index (Phi) is 5.50. The van der Waals surface area contributed by atoms with Crippen LogP contribution in [0.15, 0.2) is 18.2 Å². The zero-order chi connectivity index (χ0) is 15.4. The Labute approximate surface area is 132 Å². The van der Waals surface area contributed by atoms with E-state index in [2.05, 4.69) is 5.32 Å². The number of anilines is 1. The second-order valence-electron chi connectivity index (χ2n) is 4.91. The van der Waals surface area contributed by atoms with Crippen LogP contribution in [0.1, 0.15) is 5.56 Å². The number of rotatable bonds is 4. The van der Waals surface area contributed by atoms with Crippen LogP contribution >= 0.6 is 23.4 Å². The highest BCUT2D eigenvalue weighted by Crippen LogP contribution is 2.21. The predicted octanol–water partition coefficient (Wildman–Crippen LogP) is 2.09. The van der Waals surface area contributed by atoms with E-state index >= 15 is 0 Å². The summed E-state index contributed by atoms with van der Waals surface area (Å²) in [6, 6.07) is 4.68. The highest BCUT2D eigenvalue weighted by atomic mass is 35.5. The minimum atomic E-state index is -0.881. The molecule has 2 rings (SSSR count). The van der Waals surface area contributed by atoms with Crippen molar-refractivity contribution in [3.05, 3.63) is 28.8 Å². The summed E-state index contributed by atoms with van der Waals surface area (Å²) in [4.78, 5) is 25.0. The number of aliphatic carboxylic acids is 1. The molecule has 1 aromatic carbocycles. The molecule has 0 aromatic heterocycles. The Morgan fingerprint density at radius 2 is 2.29 bits per heavy atom. The Bertz CT molecular complexity index is 553. The van der Waals surface area contributed by atoms with E-state index in [-0.39, 0.29) is 12.5 Å². The third kappa shape index (κ3) is 4.36. The van der Waals surface area contributed by atoms with Crippen LogP contribution in [0.2, 0.25) is 5.02 Å². The molecule has 2 N–H and O–H groups in total. The molecule has 0 bridgehead atoms. The number of carboxylic acids is 1. The van der Waals surface area contributed by atoms with E-state index in [0.29, 0.717) is 23.0 Å². The van der Waals surface area contributed by atoms with Crippen LogP contribution in [0.4, 0.5) is 5.69 Å². The number of aryl methyl sites for hydroxylation is 1. The fourth-order valence-electron chi connectivity index (χ4n) is 2.16. The third-order valence-electron chi connectivity index (χ3n) is 3.34. The van der Waals surface area contributed by atoms with Crippen molar-refractivity contribution in [1.29, 1.82) is 0 Å². The quantitative estimate of drug-likeness (QED) is 0.885. The molecule has 1 amide bonds. The van der Waals surface area contributed by atoms with E-state index in [0.717, 1.165) is 11.3 Å². The molecule has 1 aliphatic rings. The van der Waals surface area contributed by atoms with Gasteiger partial charge in [0.1, 0.15) is 6.04 Å². The van der Waals surface area contributed by atoms with E-state index in [4.69, 9.17) is 11.6 Å². The van der Waals surface area contributed by atoms with Gasteiger partial charge in [-0.15, -0.1) is 0 Å². The molecule has 5 nitrogen and oxygen atoms in total. The van der Waals surface area contributed by atoms with E-state index in [1.54, 1.807) is 28.8 Å². The topological polar surface area (TPSA) is 69.6 Å². The summed E-state index contributed by atoms with van der Waals surface area (Å²) in [7, 11) is 0. The smallest absolute Gasteiger partial charge is 0.321 e. The van der Waals surface area contributed by atoms with Gasteiger partial charge in [-0.3, -0.25) is 14.5 Å². The van der Waals surface area contributed by atoms with E-state index in [1.807, 2.05) is 13.0 Å². The first-order valence-electron chi connectivity index (χ1n) is 6.58. The molecule has 1 aromatic rings. The van der Waals surface area contributed by atoms with Gasteiger partial charge in [-0.05, 0) is 24.6 Å². The van der Waals surface area contributed by atoms with Gasteiger partial charge in [0.2, 0.25) is 5.91 Å². The van der Waals surface area contributed by atoms with Crippen LogP contribution in [0, 0.1) is 6.92 Å². The molecule has 1 aliphatic heterocycles. The number of nitrogens with one attached hydrogen (secondary N) is 1. The Hall–Kier alpha value is -1.24. The van der Waals surface area contributed by atoms with Gasteiger partial charge in [0, 0.05) is 28.8 Å². The molecule has 0 spiro atoms. The second-order valence-corrected chi connectivity index (χ2v) is 6.49. The van der Waals surface area contributed by atoms with Crippen molar-refractivity contribution in [3.8, 4) is 0 Å². The summed E-state index contributed by atoms with van der Waals surface area (Å²) in [6.07, 6.45) is 0. The number of nitrogens with zero attached hydrogens (tertiary/aromatic N) is 1. The van der Waals surface area contributed by atoms with E-state index < -0.39 is 12.0 Å². The van der Waals surface area contributed by atoms with E-state index in [1.165, 1.54) is 0 Å². The minimum Gasteiger partial charge on any atom is -0.480 e. The van der Waals surface area contributed by atoms with Gasteiger partial charge in [0.25, 0.3) is 0 Å². The summed E-state index contributed by atoms with van der Waals surface area (Å²) in [6.45, 7) is 2.55. The number of thioether (sulfide) groups is 1. The standard InChI is InChI=1S/C14H17ClN2O3S/c1-9-2-3-10(15)6-11(9)16-13(18)7-17-4-5-21-8-12(17)14(19)20/h2-3,6,12H,4-5,7-8H2,1H3,(H,16,18)(H,19,20). The van der Waals surface area contributed by atoms with Crippen LogP contribution < -0.4 is 5.32 Å². The fourth-order valence-corrected chi connectivity index (χ4v) is 3.44. The van der Waals surface area contributed by atoms with Gasteiger partial charge in [-0.2, -0.15) is 11.8 Å². The maximum Gasteiger partial charge on any atom is 0.321 e. The molecular formula is C14H17ClN2O3S. The molecule has 1 atom stereocenters. The van der Waals surface area contributed by atoms with Gasteiger partial charge >= 0.3 is 5.97 Å². The monoisotopic (exact) mass is 328 g/mol.